The first-order valence-electron chi connectivity index (χ1n) is 6.03. The van der Waals surface area contributed by atoms with E-state index in [4.69, 9.17) is 4.74 Å². The van der Waals surface area contributed by atoms with Gasteiger partial charge in [0.25, 0.3) is 0 Å². The van der Waals surface area contributed by atoms with Crippen molar-refractivity contribution in [2.45, 2.75) is 33.3 Å². The summed E-state index contributed by atoms with van der Waals surface area (Å²) < 4.78 is 5.81. The van der Waals surface area contributed by atoms with Crippen molar-refractivity contribution in [2.75, 3.05) is 0 Å². The summed E-state index contributed by atoms with van der Waals surface area (Å²) in [6, 6.07) is 9.74. The van der Waals surface area contributed by atoms with Crippen LogP contribution in [0.25, 0.3) is 10.8 Å². The number of ether oxygens (including phenoxy) is 1. The second-order valence-electron chi connectivity index (χ2n) is 4.45. The number of phenols is 1. The molecule has 0 atom stereocenters. The van der Waals surface area contributed by atoms with Crippen LogP contribution in [0.3, 0.4) is 0 Å². The molecule has 0 spiro atoms. The zero-order valence-corrected chi connectivity index (χ0v) is 10.5. The smallest absolute Gasteiger partial charge is 0.128 e. The molecule has 1 N–H and O–H groups in total. The Morgan fingerprint density at radius 1 is 1.18 bits per heavy atom. The maximum atomic E-state index is 10.2. The molecule has 2 aromatic carbocycles. The van der Waals surface area contributed by atoms with Crippen molar-refractivity contribution in [1.29, 1.82) is 0 Å². The Morgan fingerprint density at radius 3 is 2.41 bits per heavy atom. The molecule has 2 heteroatoms. The molecular formula is C15H18O2. The van der Waals surface area contributed by atoms with Crippen molar-refractivity contribution < 1.29 is 9.84 Å². The van der Waals surface area contributed by atoms with Gasteiger partial charge in [0, 0.05) is 10.8 Å². The highest BCUT2D eigenvalue weighted by Gasteiger charge is 2.11. The molecule has 2 nitrogen and oxygen atoms in total. The summed E-state index contributed by atoms with van der Waals surface area (Å²) >= 11 is 0. The molecule has 0 saturated heterocycles. The zero-order chi connectivity index (χ0) is 12.4. The highest BCUT2D eigenvalue weighted by atomic mass is 16.5. The van der Waals surface area contributed by atoms with E-state index < -0.39 is 0 Å². The monoisotopic (exact) mass is 230 g/mol. The Bertz CT molecular complexity index is 530. The Kier molecular flexibility index (Phi) is 3.23. The molecule has 2 aromatic rings. The third-order valence-corrected chi connectivity index (χ3v) is 2.80. The third kappa shape index (κ3) is 2.21. The first kappa shape index (κ1) is 11.8. The summed E-state index contributed by atoms with van der Waals surface area (Å²) in [7, 11) is 0. The highest BCUT2D eigenvalue weighted by Crippen LogP contribution is 2.36. The van der Waals surface area contributed by atoms with E-state index in [1.165, 1.54) is 0 Å². The van der Waals surface area contributed by atoms with Gasteiger partial charge in [0.1, 0.15) is 11.5 Å². The number of hydrogen-bond donors (Lipinski definition) is 1. The van der Waals surface area contributed by atoms with Crippen LogP contribution in [0, 0.1) is 0 Å². The number of aromatic hydroxyl groups is 1. The van der Waals surface area contributed by atoms with Crippen molar-refractivity contribution in [2.24, 2.45) is 0 Å². The van der Waals surface area contributed by atoms with Gasteiger partial charge in [0.2, 0.25) is 0 Å². The molecule has 0 aliphatic carbocycles. The predicted octanol–water partition coefficient (Wildman–Crippen LogP) is 3.90. The molecule has 0 aromatic heterocycles. The lowest BCUT2D eigenvalue weighted by Gasteiger charge is -2.15. The Hall–Kier alpha value is -1.70. The number of rotatable bonds is 3. The SMILES string of the molecule is CCc1cc(OC(C)C)c2ccccc2c1O. The predicted molar refractivity (Wildman–Crippen MR) is 70.8 cm³/mol. The van der Waals surface area contributed by atoms with Gasteiger partial charge in [0.05, 0.1) is 6.10 Å². The lowest BCUT2D eigenvalue weighted by atomic mass is 10.0. The fourth-order valence-electron chi connectivity index (χ4n) is 2.00. The molecule has 0 unspecified atom stereocenters. The van der Waals surface area contributed by atoms with Gasteiger partial charge in [-0.1, -0.05) is 31.2 Å². The second-order valence-corrected chi connectivity index (χ2v) is 4.45. The largest absolute Gasteiger partial charge is 0.507 e. The average molecular weight is 230 g/mol. The van der Waals surface area contributed by atoms with E-state index in [0.717, 1.165) is 28.5 Å². The van der Waals surface area contributed by atoms with Crippen LogP contribution in [0.4, 0.5) is 0 Å². The summed E-state index contributed by atoms with van der Waals surface area (Å²) in [5.74, 6) is 1.23. The van der Waals surface area contributed by atoms with Crippen molar-refractivity contribution >= 4 is 10.8 Å². The van der Waals surface area contributed by atoms with Crippen LogP contribution < -0.4 is 4.74 Å². The Labute approximate surface area is 102 Å². The van der Waals surface area contributed by atoms with Gasteiger partial charge in [-0.2, -0.15) is 0 Å². The number of aryl methyl sites for hydroxylation is 1. The van der Waals surface area contributed by atoms with E-state index >= 15 is 0 Å². The quantitative estimate of drug-likeness (QED) is 0.866. The van der Waals surface area contributed by atoms with Gasteiger partial charge in [0.15, 0.2) is 0 Å². The van der Waals surface area contributed by atoms with Crippen molar-refractivity contribution in [3.05, 3.63) is 35.9 Å². The molecule has 2 rings (SSSR count). The summed E-state index contributed by atoms with van der Waals surface area (Å²) in [5.41, 5.74) is 0.930. The molecule has 90 valence electrons. The van der Waals surface area contributed by atoms with Crippen LogP contribution >= 0.6 is 0 Å². The minimum atomic E-state index is 0.132. The fourth-order valence-corrected chi connectivity index (χ4v) is 2.00. The van der Waals surface area contributed by atoms with E-state index in [9.17, 15) is 5.11 Å². The van der Waals surface area contributed by atoms with Gasteiger partial charge in [-0.15, -0.1) is 0 Å². The van der Waals surface area contributed by atoms with E-state index in [1.807, 2.05) is 51.1 Å². The van der Waals surface area contributed by atoms with Gasteiger partial charge in [-0.25, -0.2) is 0 Å². The van der Waals surface area contributed by atoms with Crippen LogP contribution in [0.2, 0.25) is 0 Å². The maximum absolute atomic E-state index is 10.2. The second kappa shape index (κ2) is 4.66. The van der Waals surface area contributed by atoms with E-state index in [0.29, 0.717) is 5.75 Å². The molecule has 0 aliphatic heterocycles. The first-order chi connectivity index (χ1) is 8.13. The Morgan fingerprint density at radius 2 is 1.82 bits per heavy atom. The van der Waals surface area contributed by atoms with E-state index in [2.05, 4.69) is 0 Å². The molecule has 0 amide bonds. The molecular weight excluding hydrogens is 212 g/mol. The molecule has 0 fully saturated rings. The fraction of sp³-hybridized carbons (Fsp3) is 0.333. The summed E-state index contributed by atoms with van der Waals surface area (Å²) in [4.78, 5) is 0. The molecule has 0 aliphatic rings. The average Bonchev–Trinajstić information content (AvgIpc) is 2.32. The molecule has 0 bridgehead atoms. The Balaban J connectivity index is 2.69. The minimum Gasteiger partial charge on any atom is -0.507 e. The van der Waals surface area contributed by atoms with Gasteiger partial charge in [-0.3, -0.25) is 0 Å². The summed E-state index contributed by atoms with van der Waals surface area (Å²) in [6.45, 7) is 6.05. The van der Waals surface area contributed by atoms with Crippen molar-refractivity contribution in [3.8, 4) is 11.5 Å². The molecule has 0 heterocycles. The lowest BCUT2D eigenvalue weighted by Crippen LogP contribution is -2.06. The zero-order valence-electron chi connectivity index (χ0n) is 10.5. The molecule has 0 saturated carbocycles. The number of fused-ring (bicyclic) bond motifs is 1. The van der Waals surface area contributed by atoms with Crippen molar-refractivity contribution in [3.63, 3.8) is 0 Å². The van der Waals surface area contributed by atoms with E-state index in [1.54, 1.807) is 0 Å². The lowest BCUT2D eigenvalue weighted by molar-refractivity contribution is 0.245. The normalized spacial score (nSPS) is 11.1. The molecule has 0 radical (unpaired) electrons. The maximum Gasteiger partial charge on any atom is 0.128 e. The number of benzene rings is 2. The summed E-state index contributed by atoms with van der Waals surface area (Å²) in [5, 5.41) is 12.0. The van der Waals surface area contributed by atoms with E-state index in [-0.39, 0.29) is 6.10 Å². The molecule has 17 heavy (non-hydrogen) atoms. The highest BCUT2D eigenvalue weighted by molar-refractivity contribution is 5.94. The van der Waals surface area contributed by atoms with Crippen LogP contribution in [0.15, 0.2) is 30.3 Å². The summed E-state index contributed by atoms with van der Waals surface area (Å²) in [6.07, 6.45) is 0.929. The van der Waals surface area contributed by atoms with Gasteiger partial charge < -0.3 is 9.84 Å². The van der Waals surface area contributed by atoms with Gasteiger partial charge in [-0.05, 0) is 31.9 Å². The van der Waals surface area contributed by atoms with Crippen LogP contribution in [-0.4, -0.2) is 11.2 Å². The van der Waals surface area contributed by atoms with Crippen LogP contribution in [0.5, 0.6) is 11.5 Å². The van der Waals surface area contributed by atoms with Crippen LogP contribution in [-0.2, 0) is 6.42 Å². The van der Waals surface area contributed by atoms with Crippen LogP contribution in [0.1, 0.15) is 26.3 Å². The number of phenolic OH excluding ortho intramolecular Hbond substituents is 1. The topological polar surface area (TPSA) is 29.5 Å². The number of hydrogen-bond acceptors (Lipinski definition) is 2. The first-order valence-corrected chi connectivity index (χ1v) is 6.03. The van der Waals surface area contributed by atoms with Crippen molar-refractivity contribution in [1.82, 2.24) is 0 Å². The standard InChI is InChI=1S/C15H18O2/c1-4-11-9-14(17-10(2)3)12-7-5-6-8-13(12)15(11)16/h5-10,16H,4H2,1-3H3. The van der Waals surface area contributed by atoms with Gasteiger partial charge >= 0.3 is 0 Å². The minimum absolute atomic E-state index is 0.132. The third-order valence-electron chi connectivity index (χ3n) is 2.80.